The van der Waals surface area contributed by atoms with Crippen molar-refractivity contribution in [1.29, 1.82) is 5.26 Å². The van der Waals surface area contributed by atoms with E-state index in [-0.39, 0.29) is 12.1 Å². The summed E-state index contributed by atoms with van der Waals surface area (Å²) < 4.78 is 0. The predicted molar refractivity (Wildman–Crippen MR) is 72.4 cm³/mol. The van der Waals surface area contributed by atoms with Crippen LogP contribution >= 0.6 is 0 Å². The van der Waals surface area contributed by atoms with Crippen molar-refractivity contribution in [3.05, 3.63) is 29.8 Å². The average Bonchev–Trinajstić information content (AvgIpc) is 2.38. The van der Waals surface area contributed by atoms with Crippen LogP contribution in [0.3, 0.4) is 0 Å². The number of benzene rings is 1. The van der Waals surface area contributed by atoms with E-state index in [1.165, 1.54) is 0 Å². The summed E-state index contributed by atoms with van der Waals surface area (Å²) in [5, 5.41) is 18.3. The standard InChI is InChI=1S/C15H20N2O/c1-15(2)13(11-18)4-3-9-17(15)14-7-5-12(10-16)6-8-14/h5-8,13,18H,3-4,9,11H2,1-2H3. The lowest BCUT2D eigenvalue weighted by atomic mass is 9.79. The van der Waals surface area contributed by atoms with Gasteiger partial charge in [0.2, 0.25) is 0 Å². The van der Waals surface area contributed by atoms with Crippen LogP contribution in [0.2, 0.25) is 0 Å². The van der Waals surface area contributed by atoms with Gasteiger partial charge in [0.1, 0.15) is 0 Å². The number of nitriles is 1. The zero-order chi connectivity index (χ0) is 13.2. The molecular weight excluding hydrogens is 224 g/mol. The van der Waals surface area contributed by atoms with Crippen molar-refractivity contribution < 1.29 is 5.11 Å². The Labute approximate surface area is 109 Å². The molecule has 1 fully saturated rings. The summed E-state index contributed by atoms with van der Waals surface area (Å²) in [6.45, 7) is 5.62. The van der Waals surface area contributed by atoms with E-state index >= 15 is 0 Å². The zero-order valence-corrected chi connectivity index (χ0v) is 11.1. The topological polar surface area (TPSA) is 47.3 Å². The lowest BCUT2D eigenvalue weighted by Gasteiger charge is -2.49. The van der Waals surface area contributed by atoms with E-state index in [4.69, 9.17) is 5.26 Å². The molecule has 1 aromatic carbocycles. The molecule has 0 aromatic heterocycles. The molecule has 1 aromatic rings. The van der Waals surface area contributed by atoms with Crippen molar-refractivity contribution in [2.45, 2.75) is 32.2 Å². The molecule has 2 rings (SSSR count). The molecule has 0 bridgehead atoms. The maximum atomic E-state index is 9.50. The molecule has 3 heteroatoms. The monoisotopic (exact) mass is 244 g/mol. The average molecular weight is 244 g/mol. The van der Waals surface area contributed by atoms with Crippen LogP contribution in [-0.2, 0) is 0 Å². The Hall–Kier alpha value is -1.53. The third kappa shape index (κ3) is 2.21. The van der Waals surface area contributed by atoms with E-state index in [0.29, 0.717) is 11.5 Å². The van der Waals surface area contributed by atoms with Crippen LogP contribution in [0.5, 0.6) is 0 Å². The van der Waals surface area contributed by atoms with Crippen LogP contribution in [0, 0.1) is 17.2 Å². The van der Waals surface area contributed by atoms with Crippen molar-refractivity contribution >= 4 is 5.69 Å². The van der Waals surface area contributed by atoms with Gasteiger partial charge in [0.05, 0.1) is 11.6 Å². The third-order valence-electron chi connectivity index (χ3n) is 4.16. The molecule has 96 valence electrons. The number of anilines is 1. The van der Waals surface area contributed by atoms with Crippen molar-refractivity contribution in [3.8, 4) is 6.07 Å². The van der Waals surface area contributed by atoms with E-state index in [9.17, 15) is 5.11 Å². The van der Waals surface area contributed by atoms with Crippen molar-refractivity contribution in [2.75, 3.05) is 18.1 Å². The molecule has 1 N–H and O–H groups in total. The molecule has 0 radical (unpaired) electrons. The van der Waals surface area contributed by atoms with Crippen molar-refractivity contribution in [1.82, 2.24) is 0 Å². The summed E-state index contributed by atoms with van der Waals surface area (Å²) in [4.78, 5) is 2.35. The maximum Gasteiger partial charge on any atom is 0.0991 e. The maximum absolute atomic E-state index is 9.50. The fourth-order valence-corrected chi connectivity index (χ4v) is 2.85. The second-order valence-corrected chi connectivity index (χ2v) is 5.49. The number of nitrogens with zero attached hydrogens (tertiary/aromatic N) is 2. The smallest absolute Gasteiger partial charge is 0.0991 e. The minimum absolute atomic E-state index is 0.0405. The third-order valence-corrected chi connectivity index (χ3v) is 4.16. The predicted octanol–water partition coefficient (Wildman–Crippen LogP) is 2.55. The van der Waals surface area contributed by atoms with Gasteiger partial charge in [-0.2, -0.15) is 5.26 Å². The molecule has 1 aliphatic heterocycles. The number of rotatable bonds is 2. The van der Waals surface area contributed by atoms with Gasteiger partial charge < -0.3 is 10.0 Å². The van der Waals surface area contributed by atoms with Gasteiger partial charge in [-0.05, 0) is 51.0 Å². The summed E-state index contributed by atoms with van der Waals surface area (Å²) >= 11 is 0. The number of piperidine rings is 1. The van der Waals surface area contributed by atoms with Crippen LogP contribution in [-0.4, -0.2) is 23.8 Å². The minimum Gasteiger partial charge on any atom is -0.396 e. The molecule has 0 spiro atoms. The van der Waals surface area contributed by atoms with Crippen LogP contribution in [0.25, 0.3) is 0 Å². The van der Waals surface area contributed by atoms with Gasteiger partial charge in [0.25, 0.3) is 0 Å². The lowest BCUT2D eigenvalue weighted by Crippen LogP contribution is -2.54. The normalized spacial score (nSPS) is 22.6. The van der Waals surface area contributed by atoms with E-state index in [1.807, 2.05) is 24.3 Å². The molecule has 3 nitrogen and oxygen atoms in total. The van der Waals surface area contributed by atoms with Crippen LogP contribution in [0.1, 0.15) is 32.3 Å². The zero-order valence-electron chi connectivity index (χ0n) is 11.1. The lowest BCUT2D eigenvalue weighted by molar-refractivity contribution is 0.136. The van der Waals surface area contributed by atoms with E-state index < -0.39 is 0 Å². The number of hydrogen-bond donors (Lipinski definition) is 1. The Balaban J connectivity index is 2.28. The molecule has 0 amide bonds. The van der Waals surface area contributed by atoms with Gasteiger partial charge in [0, 0.05) is 30.3 Å². The highest BCUT2D eigenvalue weighted by Crippen LogP contribution is 2.36. The molecule has 1 heterocycles. The second-order valence-electron chi connectivity index (χ2n) is 5.49. The Bertz CT molecular complexity index is 445. The minimum atomic E-state index is -0.0405. The first-order valence-electron chi connectivity index (χ1n) is 6.48. The molecular formula is C15H20N2O. The molecule has 0 aliphatic carbocycles. The van der Waals surface area contributed by atoms with Gasteiger partial charge in [0.15, 0.2) is 0 Å². The fourth-order valence-electron chi connectivity index (χ4n) is 2.85. The van der Waals surface area contributed by atoms with Crippen molar-refractivity contribution in [2.24, 2.45) is 5.92 Å². The molecule has 1 atom stereocenters. The second kappa shape index (κ2) is 4.99. The van der Waals surface area contributed by atoms with Gasteiger partial charge in [-0.25, -0.2) is 0 Å². The first-order chi connectivity index (χ1) is 8.59. The molecule has 18 heavy (non-hydrogen) atoms. The molecule has 1 unspecified atom stereocenters. The van der Waals surface area contributed by atoms with Crippen LogP contribution < -0.4 is 4.90 Å². The number of hydrogen-bond acceptors (Lipinski definition) is 3. The van der Waals surface area contributed by atoms with E-state index in [1.54, 1.807) is 0 Å². The Kier molecular flexibility index (Phi) is 3.58. The van der Waals surface area contributed by atoms with E-state index in [0.717, 1.165) is 25.1 Å². The SMILES string of the molecule is CC1(C)C(CO)CCCN1c1ccc(C#N)cc1. The van der Waals surface area contributed by atoms with Crippen LogP contribution in [0.15, 0.2) is 24.3 Å². The fraction of sp³-hybridized carbons (Fsp3) is 0.533. The first-order valence-corrected chi connectivity index (χ1v) is 6.48. The largest absolute Gasteiger partial charge is 0.396 e. The van der Waals surface area contributed by atoms with Crippen LogP contribution in [0.4, 0.5) is 5.69 Å². The number of aliphatic hydroxyl groups is 1. The highest BCUT2D eigenvalue weighted by atomic mass is 16.3. The summed E-state index contributed by atoms with van der Waals surface area (Å²) in [5.74, 6) is 0.307. The quantitative estimate of drug-likeness (QED) is 0.869. The first kappa shape index (κ1) is 12.9. The molecule has 1 saturated heterocycles. The van der Waals surface area contributed by atoms with Gasteiger partial charge >= 0.3 is 0 Å². The Morgan fingerprint density at radius 1 is 1.39 bits per heavy atom. The molecule has 1 aliphatic rings. The summed E-state index contributed by atoms with van der Waals surface area (Å²) in [7, 11) is 0. The van der Waals surface area contributed by atoms with Gasteiger partial charge in [-0.15, -0.1) is 0 Å². The summed E-state index contributed by atoms with van der Waals surface area (Å²) in [6.07, 6.45) is 2.19. The van der Waals surface area contributed by atoms with Crippen molar-refractivity contribution in [3.63, 3.8) is 0 Å². The highest BCUT2D eigenvalue weighted by Gasteiger charge is 2.38. The Morgan fingerprint density at radius 3 is 2.61 bits per heavy atom. The summed E-state index contributed by atoms with van der Waals surface area (Å²) in [6, 6.07) is 9.85. The number of aliphatic hydroxyl groups excluding tert-OH is 1. The Morgan fingerprint density at radius 2 is 2.06 bits per heavy atom. The molecule has 0 saturated carbocycles. The van der Waals surface area contributed by atoms with E-state index in [2.05, 4.69) is 24.8 Å². The van der Waals surface area contributed by atoms with Gasteiger partial charge in [-0.3, -0.25) is 0 Å². The summed E-state index contributed by atoms with van der Waals surface area (Å²) in [5.41, 5.74) is 1.78. The van der Waals surface area contributed by atoms with Gasteiger partial charge in [-0.1, -0.05) is 0 Å². The highest BCUT2D eigenvalue weighted by molar-refractivity contribution is 5.52.